The molecule has 5 nitrogen and oxygen atoms in total. The van der Waals surface area contributed by atoms with E-state index in [2.05, 4.69) is 50.2 Å². The van der Waals surface area contributed by atoms with E-state index in [1.165, 1.54) is 0 Å². The first kappa shape index (κ1) is 16.9. The Labute approximate surface area is 139 Å². The van der Waals surface area contributed by atoms with Gasteiger partial charge in [-0.25, -0.2) is 9.97 Å². The van der Waals surface area contributed by atoms with Gasteiger partial charge < -0.3 is 10.6 Å². The van der Waals surface area contributed by atoms with E-state index in [1.807, 2.05) is 6.92 Å². The maximum absolute atomic E-state index is 4.61. The van der Waals surface area contributed by atoms with E-state index in [0.717, 1.165) is 40.3 Å². The number of rotatable bonds is 6. The van der Waals surface area contributed by atoms with Gasteiger partial charge in [0.05, 0.1) is 22.9 Å². The van der Waals surface area contributed by atoms with Crippen LogP contribution in [0.1, 0.15) is 41.2 Å². The summed E-state index contributed by atoms with van der Waals surface area (Å²) < 4.78 is 0. The van der Waals surface area contributed by atoms with Crippen molar-refractivity contribution < 1.29 is 0 Å². The number of guanidine groups is 1. The van der Waals surface area contributed by atoms with Crippen molar-refractivity contribution in [3.05, 3.63) is 32.2 Å². The first-order chi connectivity index (χ1) is 10.6. The lowest BCUT2D eigenvalue weighted by Gasteiger charge is -2.10. The molecule has 0 aliphatic rings. The smallest absolute Gasteiger partial charge is 0.191 e. The summed E-state index contributed by atoms with van der Waals surface area (Å²) in [4.78, 5) is 13.3. The summed E-state index contributed by atoms with van der Waals surface area (Å²) >= 11 is 3.38. The van der Waals surface area contributed by atoms with Gasteiger partial charge >= 0.3 is 0 Å². The molecule has 0 atom stereocenters. The van der Waals surface area contributed by atoms with Crippen LogP contribution in [-0.2, 0) is 13.0 Å². The Morgan fingerprint density at radius 1 is 1.23 bits per heavy atom. The first-order valence-corrected chi connectivity index (χ1v) is 9.14. The van der Waals surface area contributed by atoms with Crippen molar-refractivity contribution in [1.29, 1.82) is 0 Å². The summed E-state index contributed by atoms with van der Waals surface area (Å²) in [5, 5.41) is 13.0. The van der Waals surface area contributed by atoms with Gasteiger partial charge in [-0.15, -0.1) is 22.7 Å². The van der Waals surface area contributed by atoms with Crippen molar-refractivity contribution in [3.8, 4) is 0 Å². The van der Waals surface area contributed by atoms with Gasteiger partial charge in [0.25, 0.3) is 0 Å². The van der Waals surface area contributed by atoms with Crippen molar-refractivity contribution in [3.63, 3.8) is 0 Å². The normalized spacial score (nSPS) is 12.0. The minimum Gasteiger partial charge on any atom is -0.356 e. The third kappa shape index (κ3) is 5.06. The second-order valence-corrected chi connectivity index (χ2v) is 7.29. The molecular weight excluding hydrogens is 314 g/mol. The van der Waals surface area contributed by atoms with Crippen molar-refractivity contribution in [2.75, 3.05) is 13.6 Å². The molecule has 2 N–H and O–H groups in total. The molecule has 0 radical (unpaired) electrons. The van der Waals surface area contributed by atoms with Crippen LogP contribution in [0.3, 0.4) is 0 Å². The van der Waals surface area contributed by atoms with E-state index >= 15 is 0 Å². The summed E-state index contributed by atoms with van der Waals surface area (Å²) in [5.74, 6) is 1.28. The van der Waals surface area contributed by atoms with Crippen molar-refractivity contribution in [2.45, 2.75) is 39.7 Å². The van der Waals surface area contributed by atoms with E-state index in [9.17, 15) is 0 Å². The number of nitrogens with zero attached hydrogens (tertiary/aromatic N) is 3. The molecule has 0 fully saturated rings. The highest BCUT2D eigenvalue weighted by atomic mass is 32.1. The molecule has 2 rings (SSSR count). The number of aliphatic imine (C=N–C) groups is 1. The Kier molecular flexibility index (Phi) is 6.33. The molecule has 7 heteroatoms. The molecule has 2 aromatic rings. The average molecular weight is 338 g/mol. The van der Waals surface area contributed by atoms with Crippen LogP contribution in [0.4, 0.5) is 0 Å². The van der Waals surface area contributed by atoms with Crippen LogP contribution >= 0.6 is 22.7 Å². The lowest BCUT2D eigenvalue weighted by molar-refractivity contribution is 0.773. The predicted octanol–water partition coefficient (Wildman–Crippen LogP) is 2.94. The Morgan fingerprint density at radius 2 is 2.05 bits per heavy atom. The third-order valence-corrected chi connectivity index (χ3v) is 4.82. The van der Waals surface area contributed by atoms with Crippen LogP contribution in [-0.4, -0.2) is 29.5 Å². The summed E-state index contributed by atoms with van der Waals surface area (Å²) in [7, 11) is 1.78. The van der Waals surface area contributed by atoms with Gasteiger partial charge in [-0.1, -0.05) is 13.8 Å². The zero-order valence-corrected chi connectivity index (χ0v) is 15.1. The fraction of sp³-hybridized carbons (Fsp3) is 0.533. The van der Waals surface area contributed by atoms with Crippen LogP contribution < -0.4 is 10.6 Å². The predicted molar refractivity (Wildman–Crippen MR) is 95.0 cm³/mol. The quantitative estimate of drug-likeness (QED) is 0.628. The van der Waals surface area contributed by atoms with Gasteiger partial charge in [0.1, 0.15) is 5.01 Å². The number of nitrogens with one attached hydrogen (secondary N) is 2. The number of thiazole rings is 2. The monoisotopic (exact) mass is 337 g/mol. The molecule has 0 unspecified atom stereocenters. The first-order valence-electron chi connectivity index (χ1n) is 7.38. The average Bonchev–Trinajstić information content (AvgIpc) is 3.11. The topological polar surface area (TPSA) is 62.2 Å². The van der Waals surface area contributed by atoms with Gasteiger partial charge in [-0.05, 0) is 12.8 Å². The third-order valence-electron chi connectivity index (χ3n) is 3.13. The molecule has 0 aliphatic heterocycles. The molecule has 0 saturated heterocycles. The van der Waals surface area contributed by atoms with E-state index < -0.39 is 0 Å². The molecule has 0 amide bonds. The fourth-order valence-electron chi connectivity index (χ4n) is 1.88. The highest BCUT2D eigenvalue weighted by Gasteiger charge is 2.06. The van der Waals surface area contributed by atoms with Crippen molar-refractivity contribution in [2.24, 2.45) is 4.99 Å². The van der Waals surface area contributed by atoms with Crippen LogP contribution in [0.15, 0.2) is 15.8 Å². The minimum atomic E-state index is 0.476. The molecule has 0 saturated carbocycles. The lowest BCUT2D eigenvalue weighted by atomic mass is 10.2. The van der Waals surface area contributed by atoms with E-state index in [4.69, 9.17) is 0 Å². The maximum Gasteiger partial charge on any atom is 0.191 e. The molecule has 2 heterocycles. The molecular formula is C15H23N5S2. The highest BCUT2D eigenvalue weighted by molar-refractivity contribution is 7.09. The van der Waals surface area contributed by atoms with Gasteiger partial charge in [0, 0.05) is 30.8 Å². The molecule has 0 spiro atoms. The van der Waals surface area contributed by atoms with Crippen LogP contribution in [0, 0.1) is 6.92 Å². The zero-order valence-electron chi connectivity index (χ0n) is 13.5. The molecule has 0 bridgehead atoms. The number of hydrogen-bond acceptors (Lipinski definition) is 5. The zero-order chi connectivity index (χ0) is 15.9. The lowest BCUT2D eigenvalue weighted by Crippen LogP contribution is -2.37. The Balaban J connectivity index is 1.74. The second kappa shape index (κ2) is 8.24. The molecule has 0 aromatic carbocycles. The number of hydrogen-bond donors (Lipinski definition) is 2. The molecule has 22 heavy (non-hydrogen) atoms. The standard InChI is InChI=1S/C15H23N5S2/c1-10(2)13-9-22-14(20-13)7-18-15(16-4)17-6-5-12-8-21-11(3)19-12/h8-10H,5-7H2,1-4H3,(H2,16,17,18). The van der Waals surface area contributed by atoms with Gasteiger partial charge in [0.2, 0.25) is 0 Å². The summed E-state index contributed by atoms with van der Waals surface area (Å²) in [6.45, 7) is 7.87. The van der Waals surface area contributed by atoms with E-state index in [0.29, 0.717) is 12.5 Å². The largest absolute Gasteiger partial charge is 0.356 e. The maximum atomic E-state index is 4.61. The van der Waals surface area contributed by atoms with E-state index in [1.54, 1.807) is 29.7 Å². The fourth-order valence-corrected chi connectivity index (χ4v) is 3.43. The van der Waals surface area contributed by atoms with Crippen LogP contribution in [0.25, 0.3) is 0 Å². The Hall–Kier alpha value is -1.47. The van der Waals surface area contributed by atoms with Gasteiger partial charge in [0.15, 0.2) is 5.96 Å². The van der Waals surface area contributed by atoms with Crippen LogP contribution in [0.5, 0.6) is 0 Å². The van der Waals surface area contributed by atoms with Gasteiger partial charge in [-0.2, -0.15) is 0 Å². The summed E-state index contributed by atoms with van der Waals surface area (Å²) in [6.07, 6.45) is 0.903. The molecule has 120 valence electrons. The van der Waals surface area contributed by atoms with Crippen molar-refractivity contribution in [1.82, 2.24) is 20.6 Å². The minimum absolute atomic E-state index is 0.476. The summed E-state index contributed by atoms with van der Waals surface area (Å²) in [6, 6.07) is 0. The number of aromatic nitrogens is 2. The SMILES string of the molecule is CN=C(NCCc1csc(C)n1)NCc1nc(C(C)C)cs1. The summed E-state index contributed by atoms with van der Waals surface area (Å²) in [5.41, 5.74) is 2.29. The van der Waals surface area contributed by atoms with E-state index in [-0.39, 0.29) is 0 Å². The Morgan fingerprint density at radius 3 is 2.64 bits per heavy atom. The van der Waals surface area contributed by atoms with Gasteiger partial charge in [-0.3, -0.25) is 4.99 Å². The molecule has 0 aliphatic carbocycles. The highest BCUT2D eigenvalue weighted by Crippen LogP contribution is 2.17. The number of aryl methyl sites for hydroxylation is 1. The second-order valence-electron chi connectivity index (χ2n) is 5.28. The Bertz CT molecular complexity index is 615. The molecule has 2 aromatic heterocycles. The van der Waals surface area contributed by atoms with Crippen molar-refractivity contribution >= 4 is 28.6 Å². The van der Waals surface area contributed by atoms with Crippen LogP contribution in [0.2, 0.25) is 0 Å².